The van der Waals surface area contributed by atoms with Crippen molar-refractivity contribution in [2.45, 2.75) is 6.42 Å². The summed E-state index contributed by atoms with van der Waals surface area (Å²) in [6, 6.07) is 21.7. The van der Waals surface area contributed by atoms with E-state index in [4.69, 9.17) is 14.2 Å². The molecular weight excluding hydrogens is 396 g/mol. The fourth-order valence-electron chi connectivity index (χ4n) is 2.62. The van der Waals surface area contributed by atoms with Gasteiger partial charge in [0.05, 0.1) is 17.7 Å². The molecule has 0 N–H and O–H groups in total. The fraction of sp³-hybridized carbons (Fsp3) is 0.0800. The molecule has 0 radical (unpaired) electrons. The normalized spacial score (nSPS) is 10.1. The number of para-hydroxylation sites is 1. The van der Waals surface area contributed by atoms with Gasteiger partial charge in [-0.2, -0.15) is 0 Å². The lowest BCUT2D eigenvalue weighted by molar-refractivity contribution is -0.137. The molecule has 0 aromatic heterocycles. The Balaban J connectivity index is 1.53. The van der Waals surface area contributed by atoms with Gasteiger partial charge < -0.3 is 14.2 Å². The molecule has 0 amide bonds. The number of carbonyl (C=O) groups is 3. The van der Waals surface area contributed by atoms with Crippen LogP contribution in [0.5, 0.6) is 11.5 Å². The Morgan fingerprint density at radius 3 is 1.74 bits per heavy atom. The first-order valence-corrected chi connectivity index (χ1v) is 9.53. The van der Waals surface area contributed by atoms with Crippen LogP contribution in [0.3, 0.4) is 0 Å². The molecule has 31 heavy (non-hydrogen) atoms. The highest BCUT2D eigenvalue weighted by Crippen LogP contribution is 2.16. The third-order valence-electron chi connectivity index (χ3n) is 4.25. The molecule has 0 heterocycles. The van der Waals surface area contributed by atoms with Crippen molar-refractivity contribution < 1.29 is 28.6 Å². The molecule has 0 spiro atoms. The molecule has 0 aliphatic carbocycles. The summed E-state index contributed by atoms with van der Waals surface area (Å²) >= 11 is 0. The third-order valence-corrected chi connectivity index (χ3v) is 4.25. The molecule has 0 bridgehead atoms. The molecule has 3 aromatic rings. The van der Waals surface area contributed by atoms with Crippen LogP contribution in [0.25, 0.3) is 0 Å². The molecule has 156 valence electrons. The zero-order valence-corrected chi connectivity index (χ0v) is 16.7. The molecule has 6 nitrogen and oxygen atoms in total. The highest BCUT2D eigenvalue weighted by molar-refractivity contribution is 5.94. The Morgan fingerprint density at radius 1 is 0.710 bits per heavy atom. The molecule has 0 aliphatic rings. The Hall–Kier alpha value is -4.19. The number of rotatable bonds is 8. The number of hydrogen-bond acceptors (Lipinski definition) is 6. The van der Waals surface area contributed by atoms with E-state index in [1.807, 2.05) is 6.07 Å². The molecule has 0 unspecified atom stereocenters. The zero-order chi connectivity index (χ0) is 22.1. The lowest BCUT2D eigenvalue weighted by Gasteiger charge is -2.07. The number of esters is 3. The average Bonchev–Trinajstić information content (AvgIpc) is 2.80. The fourth-order valence-corrected chi connectivity index (χ4v) is 2.62. The van der Waals surface area contributed by atoms with Gasteiger partial charge in [0.1, 0.15) is 11.5 Å². The minimum Gasteiger partial charge on any atom is -0.462 e. The van der Waals surface area contributed by atoms with Crippen LogP contribution >= 0.6 is 0 Å². The number of carbonyl (C=O) groups excluding carboxylic acids is 3. The number of ether oxygens (including phenoxy) is 3. The maximum atomic E-state index is 12.3. The maximum Gasteiger partial charge on any atom is 0.343 e. The Morgan fingerprint density at radius 2 is 1.23 bits per heavy atom. The van der Waals surface area contributed by atoms with Crippen molar-refractivity contribution >= 4 is 17.9 Å². The second-order valence-corrected chi connectivity index (χ2v) is 6.44. The van der Waals surface area contributed by atoms with Crippen molar-refractivity contribution in [3.63, 3.8) is 0 Å². The molecule has 3 rings (SSSR count). The van der Waals surface area contributed by atoms with E-state index < -0.39 is 17.9 Å². The van der Waals surface area contributed by atoms with Gasteiger partial charge in [0, 0.05) is 12.5 Å². The van der Waals surface area contributed by atoms with Gasteiger partial charge in [-0.3, -0.25) is 0 Å². The van der Waals surface area contributed by atoms with E-state index in [0.717, 1.165) is 11.6 Å². The first-order chi connectivity index (χ1) is 15.0. The van der Waals surface area contributed by atoms with E-state index in [2.05, 4.69) is 6.58 Å². The van der Waals surface area contributed by atoms with E-state index in [0.29, 0.717) is 29.0 Å². The lowest BCUT2D eigenvalue weighted by Crippen LogP contribution is -2.11. The van der Waals surface area contributed by atoms with Crippen LogP contribution in [0.2, 0.25) is 0 Å². The topological polar surface area (TPSA) is 78.9 Å². The minimum atomic E-state index is -0.546. The van der Waals surface area contributed by atoms with Crippen molar-refractivity contribution in [3.8, 4) is 11.5 Å². The Kier molecular flexibility index (Phi) is 7.32. The summed E-state index contributed by atoms with van der Waals surface area (Å²) in [5.74, 6) is -0.705. The molecular formula is C25H20O6. The standard InChI is InChI=1S/C25H20O6/c1-2-23(26)29-17-16-18-8-14-22(15-9-18)31-25(28)20-12-10-19(11-13-20)24(27)30-21-6-4-3-5-7-21/h2-15H,1,16-17H2. The van der Waals surface area contributed by atoms with Crippen molar-refractivity contribution in [2.24, 2.45) is 0 Å². The Labute approximate surface area is 179 Å². The minimum absolute atomic E-state index is 0.239. The summed E-state index contributed by atoms with van der Waals surface area (Å²) in [7, 11) is 0. The van der Waals surface area contributed by atoms with Crippen LogP contribution < -0.4 is 9.47 Å². The predicted octanol–water partition coefficient (Wildman–Crippen LogP) is 4.40. The van der Waals surface area contributed by atoms with Gasteiger partial charge in [0.15, 0.2) is 0 Å². The summed E-state index contributed by atoms with van der Waals surface area (Å²) in [5.41, 5.74) is 1.55. The second kappa shape index (κ2) is 10.5. The van der Waals surface area contributed by atoms with Gasteiger partial charge in [0.2, 0.25) is 0 Å². The molecule has 6 heteroatoms. The lowest BCUT2D eigenvalue weighted by atomic mass is 10.1. The van der Waals surface area contributed by atoms with Crippen LogP contribution in [0, 0.1) is 0 Å². The van der Waals surface area contributed by atoms with Gasteiger partial charge in [-0.1, -0.05) is 36.9 Å². The van der Waals surface area contributed by atoms with Gasteiger partial charge in [-0.05, 0) is 54.1 Å². The van der Waals surface area contributed by atoms with Gasteiger partial charge in [-0.25, -0.2) is 14.4 Å². The van der Waals surface area contributed by atoms with Crippen LogP contribution in [0.4, 0.5) is 0 Å². The van der Waals surface area contributed by atoms with Crippen LogP contribution in [0.1, 0.15) is 26.3 Å². The summed E-state index contributed by atoms with van der Waals surface area (Å²) in [6.07, 6.45) is 1.65. The predicted molar refractivity (Wildman–Crippen MR) is 114 cm³/mol. The number of hydrogen-bond donors (Lipinski definition) is 0. The van der Waals surface area contributed by atoms with E-state index in [-0.39, 0.29) is 6.61 Å². The molecule has 3 aromatic carbocycles. The van der Waals surface area contributed by atoms with E-state index in [9.17, 15) is 14.4 Å². The summed E-state index contributed by atoms with van der Waals surface area (Å²) < 4.78 is 15.6. The molecule has 0 fully saturated rings. The van der Waals surface area contributed by atoms with Crippen molar-refractivity contribution in [1.29, 1.82) is 0 Å². The molecule has 0 atom stereocenters. The van der Waals surface area contributed by atoms with Crippen LogP contribution in [-0.4, -0.2) is 24.5 Å². The quantitative estimate of drug-likeness (QED) is 0.308. The monoisotopic (exact) mass is 416 g/mol. The summed E-state index contributed by atoms with van der Waals surface area (Å²) in [6.45, 7) is 3.57. The molecule has 0 saturated heterocycles. The van der Waals surface area contributed by atoms with Gasteiger partial charge >= 0.3 is 17.9 Å². The van der Waals surface area contributed by atoms with Crippen LogP contribution in [0.15, 0.2) is 91.5 Å². The number of benzene rings is 3. The van der Waals surface area contributed by atoms with E-state index in [1.54, 1.807) is 48.5 Å². The molecule has 0 saturated carbocycles. The second-order valence-electron chi connectivity index (χ2n) is 6.44. The SMILES string of the molecule is C=CC(=O)OCCc1ccc(OC(=O)c2ccc(C(=O)Oc3ccccc3)cc2)cc1. The summed E-state index contributed by atoms with van der Waals surface area (Å²) in [5, 5.41) is 0. The van der Waals surface area contributed by atoms with E-state index in [1.165, 1.54) is 24.3 Å². The Bertz CT molecular complexity index is 1050. The molecule has 0 aliphatic heterocycles. The van der Waals surface area contributed by atoms with E-state index >= 15 is 0 Å². The summed E-state index contributed by atoms with van der Waals surface area (Å²) in [4.78, 5) is 35.6. The average molecular weight is 416 g/mol. The van der Waals surface area contributed by atoms with Gasteiger partial charge in [-0.15, -0.1) is 0 Å². The largest absolute Gasteiger partial charge is 0.462 e. The van der Waals surface area contributed by atoms with Crippen molar-refractivity contribution in [3.05, 3.63) is 108 Å². The first-order valence-electron chi connectivity index (χ1n) is 9.53. The zero-order valence-electron chi connectivity index (χ0n) is 16.7. The van der Waals surface area contributed by atoms with Crippen molar-refractivity contribution in [2.75, 3.05) is 6.61 Å². The van der Waals surface area contributed by atoms with Crippen LogP contribution in [-0.2, 0) is 16.0 Å². The third kappa shape index (κ3) is 6.40. The van der Waals surface area contributed by atoms with Crippen molar-refractivity contribution in [1.82, 2.24) is 0 Å². The van der Waals surface area contributed by atoms with Gasteiger partial charge in [0.25, 0.3) is 0 Å². The maximum absolute atomic E-state index is 12.3. The first kappa shape index (κ1) is 21.5. The smallest absolute Gasteiger partial charge is 0.343 e. The highest BCUT2D eigenvalue weighted by atomic mass is 16.5. The highest BCUT2D eigenvalue weighted by Gasteiger charge is 2.12.